The maximum atomic E-state index is 9.11. The molecule has 0 bridgehead atoms. The van der Waals surface area contributed by atoms with Gasteiger partial charge in [-0.3, -0.25) is 0 Å². The molecule has 1 heterocycles. The van der Waals surface area contributed by atoms with Crippen molar-refractivity contribution in [1.29, 1.82) is 5.26 Å². The third-order valence-electron chi connectivity index (χ3n) is 2.35. The Bertz CT molecular complexity index is 400. The lowest BCUT2D eigenvalue weighted by Crippen LogP contribution is -2.16. The van der Waals surface area contributed by atoms with Gasteiger partial charge in [-0.25, -0.2) is 0 Å². The number of hydrogen-bond acceptors (Lipinski definition) is 3. The van der Waals surface area contributed by atoms with E-state index >= 15 is 0 Å². The second kappa shape index (κ2) is 4.45. The first-order chi connectivity index (χ1) is 7.31. The normalized spacial score (nSPS) is 20.7. The maximum absolute atomic E-state index is 9.11. The van der Waals surface area contributed by atoms with Crippen LogP contribution in [0.1, 0.15) is 17.9 Å². The highest BCUT2D eigenvalue weighted by Gasteiger charge is 2.26. The van der Waals surface area contributed by atoms with E-state index in [0.29, 0.717) is 6.42 Å². The van der Waals surface area contributed by atoms with Gasteiger partial charge in [0.1, 0.15) is 5.92 Å². The van der Waals surface area contributed by atoms with Crippen LogP contribution in [-0.4, -0.2) is 12.3 Å². The molecule has 0 fully saturated rings. The first-order valence-corrected chi connectivity index (χ1v) is 5.43. The zero-order chi connectivity index (χ0) is 10.7. The molecule has 76 valence electrons. The molecule has 1 aromatic rings. The molecule has 0 radical (unpaired) electrons. The van der Waals surface area contributed by atoms with Crippen LogP contribution in [0.5, 0.6) is 0 Å². The van der Waals surface area contributed by atoms with Crippen LogP contribution >= 0.6 is 15.9 Å². The Kier molecular flexibility index (Phi) is 3.02. The molecule has 1 aliphatic rings. The van der Waals surface area contributed by atoms with E-state index in [4.69, 9.17) is 10.1 Å². The molecule has 1 aliphatic heterocycles. The van der Waals surface area contributed by atoms with E-state index in [1.165, 1.54) is 0 Å². The summed E-state index contributed by atoms with van der Waals surface area (Å²) >= 11 is 3.36. The van der Waals surface area contributed by atoms with Crippen molar-refractivity contribution in [3.63, 3.8) is 0 Å². The van der Waals surface area contributed by atoms with Crippen LogP contribution in [0.2, 0.25) is 0 Å². The highest BCUT2D eigenvalue weighted by Crippen LogP contribution is 2.26. The molecule has 1 aromatic carbocycles. The quantitative estimate of drug-likeness (QED) is 0.825. The van der Waals surface area contributed by atoms with Crippen LogP contribution in [0.25, 0.3) is 0 Å². The number of nitriles is 1. The Morgan fingerprint density at radius 1 is 1.47 bits per heavy atom. The zero-order valence-corrected chi connectivity index (χ0v) is 9.52. The molecule has 2 atom stereocenters. The predicted octanol–water partition coefficient (Wildman–Crippen LogP) is 2.83. The van der Waals surface area contributed by atoms with E-state index in [0.717, 1.165) is 10.0 Å². The number of nitrogens with zero attached hydrogens (tertiary/aromatic N) is 2. The fourth-order valence-electron chi connectivity index (χ4n) is 1.55. The lowest BCUT2D eigenvalue weighted by molar-refractivity contribution is 0.0767. The summed E-state index contributed by atoms with van der Waals surface area (Å²) in [5, 5.41) is 12.8. The maximum Gasteiger partial charge on any atom is 0.152 e. The first-order valence-electron chi connectivity index (χ1n) is 4.64. The van der Waals surface area contributed by atoms with Crippen LogP contribution in [0, 0.1) is 11.3 Å². The summed E-state index contributed by atoms with van der Waals surface area (Å²) < 4.78 is 1.01. The molecular formula is C11H9BrN2O. The second-order valence-corrected chi connectivity index (χ2v) is 4.24. The fourth-order valence-corrected chi connectivity index (χ4v) is 1.81. The molecule has 0 spiro atoms. The number of hydrogen-bond donors (Lipinski definition) is 0. The molecule has 15 heavy (non-hydrogen) atoms. The summed E-state index contributed by atoms with van der Waals surface area (Å²) in [6.07, 6.45) is 2.26. The minimum absolute atomic E-state index is 0.142. The average Bonchev–Trinajstić information content (AvgIpc) is 2.75. The van der Waals surface area contributed by atoms with Gasteiger partial charge in [-0.05, 0) is 17.7 Å². The Morgan fingerprint density at radius 2 is 2.20 bits per heavy atom. The van der Waals surface area contributed by atoms with Crippen molar-refractivity contribution in [1.82, 2.24) is 0 Å². The molecule has 0 amide bonds. The molecule has 3 nitrogen and oxygen atoms in total. The van der Waals surface area contributed by atoms with Crippen LogP contribution in [0.4, 0.5) is 0 Å². The van der Waals surface area contributed by atoms with Crippen LogP contribution in [-0.2, 0) is 4.84 Å². The van der Waals surface area contributed by atoms with Gasteiger partial charge in [0, 0.05) is 17.1 Å². The minimum Gasteiger partial charge on any atom is -0.391 e. The lowest BCUT2D eigenvalue weighted by Gasteiger charge is -2.14. The summed E-state index contributed by atoms with van der Waals surface area (Å²) in [6.45, 7) is 0. The molecule has 2 unspecified atom stereocenters. The fraction of sp³-hybridized carbons (Fsp3) is 0.273. The highest BCUT2D eigenvalue weighted by molar-refractivity contribution is 9.10. The first kappa shape index (κ1) is 10.2. The molecule has 2 rings (SSSR count). The van der Waals surface area contributed by atoms with E-state index in [1.54, 1.807) is 6.21 Å². The number of oxime groups is 1. The Balaban J connectivity index is 2.20. The molecule has 0 aliphatic carbocycles. The van der Waals surface area contributed by atoms with Gasteiger partial charge in [-0.2, -0.15) is 5.26 Å². The summed E-state index contributed by atoms with van der Waals surface area (Å²) in [6, 6.07) is 9.97. The summed E-state index contributed by atoms with van der Waals surface area (Å²) in [7, 11) is 0. The molecule has 0 aromatic heterocycles. The van der Waals surface area contributed by atoms with Gasteiger partial charge >= 0.3 is 0 Å². The predicted molar refractivity (Wildman–Crippen MR) is 60.5 cm³/mol. The third kappa shape index (κ3) is 2.18. The Hall–Kier alpha value is -1.34. The lowest BCUT2D eigenvalue weighted by atomic mass is 9.93. The van der Waals surface area contributed by atoms with Gasteiger partial charge in [0.25, 0.3) is 0 Å². The number of rotatable bonds is 2. The number of benzene rings is 1. The standard InChI is InChI=1S/C11H9BrN2O/c12-9-3-1-8(2-4-9)10(7-13)11-5-6-14-15-11/h1-4,6,10-11H,5H2. The van der Waals surface area contributed by atoms with Crippen molar-refractivity contribution >= 4 is 22.1 Å². The van der Waals surface area contributed by atoms with E-state index in [-0.39, 0.29) is 12.0 Å². The van der Waals surface area contributed by atoms with E-state index < -0.39 is 0 Å². The van der Waals surface area contributed by atoms with Crippen molar-refractivity contribution < 1.29 is 4.84 Å². The van der Waals surface area contributed by atoms with Gasteiger partial charge in [0.2, 0.25) is 0 Å². The third-order valence-corrected chi connectivity index (χ3v) is 2.88. The van der Waals surface area contributed by atoms with E-state index in [1.807, 2.05) is 24.3 Å². The van der Waals surface area contributed by atoms with Crippen LogP contribution < -0.4 is 0 Å². The van der Waals surface area contributed by atoms with Gasteiger partial charge in [0.05, 0.1) is 6.07 Å². The average molecular weight is 265 g/mol. The van der Waals surface area contributed by atoms with E-state index in [2.05, 4.69) is 27.2 Å². The van der Waals surface area contributed by atoms with Gasteiger partial charge < -0.3 is 4.84 Å². The largest absolute Gasteiger partial charge is 0.391 e. The minimum atomic E-state index is -0.249. The highest BCUT2D eigenvalue weighted by atomic mass is 79.9. The van der Waals surface area contributed by atoms with Crippen molar-refractivity contribution in [3.05, 3.63) is 34.3 Å². The van der Waals surface area contributed by atoms with Crippen molar-refractivity contribution in [3.8, 4) is 6.07 Å². The molecular weight excluding hydrogens is 256 g/mol. The topological polar surface area (TPSA) is 45.4 Å². The van der Waals surface area contributed by atoms with Crippen LogP contribution in [0.3, 0.4) is 0 Å². The smallest absolute Gasteiger partial charge is 0.152 e. The van der Waals surface area contributed by atoms with Gasteiger partial charge in [-0.15, -0.1) is 0 Å². The number of halogens is 1. The second-order valence-electron chi connectivity index (χ2n) is 3.33. The summed E-state index contributed by atoms with van der Waals surface area (Å²) in [5.74, 6) is -0.249. The molecule has 0 saturated carbocycles. The van der Waals surface area contributed by atoms with Crippen molar-refractivity contribution in [2.45, 2.75) is 18.4 Å². The van der Waals surface area contributed by atoms with Crippen molar-refractivity contribution in [2.24, 2.45) is 5.16 Å². The molecule has 0 saturated heterocycles. The van der Waals surface area contributed by atoms with Crippen LogP contribution in [0.15, 0.2) is 33.9 Å². The van der Waals surface area contributed by atoms with Crippen molar-refractivity contribution in [2.75, 3.05) is 0 Å². The van der Waals surface area contributed by atoms with Gasteiger partial charge in [-0.1, -0.05) is 33.2 Å². The SMILES string of the molecule is N#CC(c1ccc(Br)cc1)C1CC=NO1. The zero-order valence-electron chi connectivity index (χ0n) is 7.93. The van der Waals surface area contributed by atoms with E-state index in [9.17, 15) is 0 Å². The summed E-state index contributed by atoms with van der Waals surface area (Å²) in [5.41, 5.74) is 0.969. The Labute approximate surface area is 96.5 Å². The monoisotopic (exact) mass is 264 g/mol. The Morgan fingerprint density at radius 3 is 2.73 bits per heavy atom. The molecule has 0 N–H and O–H groups in total. The van der Waals surface area contributed by atoms with Gasteiger partial charge in [0.15, 0.2) is 6.10 Å². The molecule has 4 heteroatoms. The summed E-state index contributed by atoms with van der Waals surface area (Å²) in [4.78, 5) is 5.13.